The van der Waals surface area contributed by atoms with Crippen molar-refractivity contribution in [3.05, 3.63) is 65.2 Å². The van der Waals surface area contributed by atoms with Crippen molar-refractivity contribution in [1.29, 1.82) is 0 Å². The fourth-order valence-corrected chi connectivity index (χ4v) is 4.76. The predicted molar refractivity (Wildman–Crippen MR) is 105 cm³/mol. The van der Waals surface area contributed by atoms with Crippen molar-refractivity contribution in [3.63, 3.8) is 0 Å². The summed E-state index contributed by atoms with van der Waals surface area (Å²) in [6.07, 6.45) is 5.55. The van der Waals surface area contributed by atoms with Crippen LogP contribution in [0.25, 0.3) is 0 Å². The van der Waals surface area contributed by atoms with Gasteiger partial charge in [-0.05, 0) is 66.8 Å². The fraction of sp³-hybridized carbons (Fsp3) is 0.478. The summed E-state index contributed by atoms with van der Waals surface area (Å²) in [6, 6.07) is 17.6. The molecule has 1 atom stereocenters. The molecule has 1 saturated carbocycles. The highest BCUT2D eigenvalue weighted by molar-refractivity contribution is 5.38. The van der Waals surface area contributed by atoms with Gasteiger partial charge in [0.05, 0.1) is 13.2 Å². The highest BCUT2D eigenvalue weighted by Crippen LogP contribution is 2.36. The van der Waals surface area contributed by atoms with Crippen molar-refractivity contribution in [2.75, 3.05) is 20.2 Å². The molecular weight excluding hydrogens is 322 g/mol. The molecule has 138 valence electrons. The van der Waals surface area contributed by atoms with Gasteiger partial charge >= 0.3 is 0 Å². The van der Waals surface area contributed by atoms with Crippen LogP contribution >= 0.6 is 0 Å². The number of benzene rings is 2. The molecule has 0 aromatic heterocycles. The molecule has 1 aliphatic heterocycles. The lowest BCUT2D eigenvalue weighted by molar-refractivity contribution is 0.0774. The van der Waals surface area contributed by atoms with E-state index in [1.165, 1.54) is 36.8 Å². The average Bonchev–Trinajstić information content (AvgIpc) is 2.87. The lowest BCUT2D eigenvalue weighted by Crippen LogP contribution is -2.40. The standard InChI is InChI=1S/C23H29NO2/c1-26-21-11-12-22-19(15-21)13-14-24(16-23(22)25)20-9-7-18(8-10-20)17-5-3-2-4-6-17/h2-6,11-12,15,18,20,23,25H,7-10,13-14,16H2,1H3/t18?,20?,23-/m1/s1. The summed E-state index contributed by atoms with van der Waals surface area (Å²) in [5, 5.41) is 10.8. The number of ether oxygens (including phenoxy) is 1. The molecule has 0 bridgehead atoms. The number of rotatable bonds is 3. The van der Waals surface area contributed by atoms with E-state index >= 15 is 0 Å². The molecule has 4 rings (SSSR count). The maximum Gasteiger partial charge on any atom is 0.119 e. The Kier molecular flexibility index (Phi) is 5.28. The molecule has 0 amide bonds. The van der Waals surface area contributed by atoms with Gasteiger partial charge in [-0.2, -0.15) is 0 Å². The topological polar surface area (TPSA) is 32.7 Å². The van der Waals surface area contributed by atoms with E-state index in [9.17, 15) is 5.11 Å². The van der Waals surface area contributed by atoms with Gasteiger partial charge in [-0.3, -0.25) is 4.90 Å². The number of fused-ring (bicyclic) bond motifs is 1. The first-order chi connectivity index (χ1) is 12.7. The second kappa shape index (κ2) is 7.81. The Morgan fingerprint density at radius 2 is 1.77 bits per heavy atom. The molecule has 3 heteroatoms. The van der Waals surface area contributed by atoms with Gasteiger partial charge in [0.25, 0.3) is 0 Å². The summed E-state index contributed by atoms with van der Waals surface area (Å²) >= 11 is 0. The van der Waals surface area contributed by atoms with E-state index in [0.717, 1.165) is 30.8 Å². The van der Waals surface area contributed by atoms with Crippen molar-refractivity contribution in [2.24, 2.45) is 0 Å². The van der Waals surface area contributed by atoms with Gasteiger partial charge < -0.3 is 9.84 Å². The van der Waals surface area contributed by atoms with Crippen LogP contribution in [-0.2, 0) is 6.42 Å². The van der Waals surface area contributed by atoms with Gasteiger partial charge in [-0.15, -0.1) is 0 Å². The number of hydrogen-bond donors (Lipinski definition) is 1. The minimum absolute atomic E-state index is 0.398. The van der Waals surface area contributed by atoms with Crippen molar-refractivity contribution >= 4 is 0 Å². The summed E-state index contributed by atoms with van der Waals surface area (Å²) in [6.45, 7) is 1.78. The van der Waals surface area contributed by atoms with Gasteiger partial charge in [-0.1, -0.05) is 36.4 Å². The summed E-state index contributed by atoms with van der Waals surface area (Å²) < 4.78 is 5.36. The van der Waals surface area contributed by atoms with E-state index < -0.39 is 6.10 Å². The zero-order chi connectivity index (χ0) is 17.9. The highest BCUT2D eigenvalue weighted by Gasteiger charge is 2.30. The van der Waals surface area contributed by atoms with Gasteiger partial charge in [-0.25, -0.2) is 0 Å². The second-order valence-corrected chi connectivity index (χ2v) is 7.74. The van der Waals surface area contributed by atoms with Crippen molar-refractivity contribution in [3.8, 4) is 5.75 Å². The molecule has 2 aromatic rings. The van der Waals surface area contributed by atoms with Crippen LogP contribution in [0.2, 0.25) is 0 Å². The third-order valence-corrected chi connectivity index (χ3v) is 6.27. The van der Waals surface area contributed by atoms with E-state index in [-0.39, 0.29) is 0 Å². The van der Waals surface area contributed by atoms with Gasteiger partial charge in [0.2, 0.25) is 0 Å². The van der Waals surface area contributed by atoms with E-state index in [1.54, 1.807) is 7.11 Å². The molecule has 1 heterocycles. The van der Waals surface area contributed by atoms with Crippen molar-refractivity contribution in [1.82, 2.24) is 4.90 Å². The number of nitrogens with zero attached hydrogens (tertiary/aromatic N) is 1. The molecule has 0 radical (unpaired) electrons. The molecule has 0 unspecified atom stereocenters. The van der Waals surface area contributed by atoms with E-state index in [1.807, 2.05) is 12.1 Å². The number of β-amino-alcohol motifs (C(OH)–C–C–N with tert-alkyl or cyclic N) is 1. The van der Waals surface area contributed by atoms with Crippen LogP contribution < -0.4 is 4.74 Å². The van der Waals surface area contributed by atoms with Gasteiger partial charge in [0, 0.05) is 19.1 Å². The number of hydrogen-bond acceptors (Lipinski definition) is 3. The molecule has 1 N–H and O–H groups in total. The van der Waals surface area contributed by atoms with Gasteiger partial charge in [0.1, 0.15) is 5.75 Å². The first-order valence-electron chi connectivity index (χ1n) is 9.88. The fourth-order valence-electron chi connectivity index (χ4n) is 4.76. The Hall–Kier alpha value is -1.84. The van der Waals surface area contributed by atoms with Crippen LogP contribution in [0.1, 0.15) is 54.4 Å². The van der Waals surface area contributed by atoms with Crippen LogP contribution in [0.5, 0.6) is 5.75 Å². The van der Waals surface area contributed by atoms with Crippen LogP contribution in [-0.4, -0.2) is 36.2 Å². The molecular formula is C23H29NO2. The Morgan fingerprint density at radius 1 is 1.00 bits per heavy atom. The number of aliphatic hydroxyl groups is 1. The Morgan fingerprint density at radius 3 is 2.50 bits per heavy atom. The molecule has 0 spiro atoms. The first kappa shape index (κ1) is 17.6. The second-order valence-electron chi connectivity index (χ2n) is 7.74. The molecule has 3 nitrogen and oxygen atoms in total. The van der Waals surface area contributed by atoms with Crippen molar-refractivity contribution in [2.45, 2.75) is 50.2 Å². The number of methoxy groups -OCH3 is 1. The summed E-state index contributed by atoms with van der Waals surface area (Å²) in [4.78, 5) is 2.53. The minimum atomic E-state index is -0.398. The van der Waals surface area contributed by atoms with Crippen LogP contribution in [0.3, 0.4) is 0 Å². The molecule has 1 fully saturated rings. The van der Waals surface area contributed by atoms with Crippen LogP contribution in [0.4, 0.5) is 0 Å². The van der Waals surface area contributed by atoms with E-state index in [0.29, 0.717) is 12.0 Å². The molecule has 2 aromatic carbocycles. The smallest absolute Gasteiger partial charge is 0.119 e. The Labute approximate surface area is 156 Å². The van der Waals surface area contributed by atoms with Crippen LogP contribution in [0, 0.1) is 0 Å². The van der Waals surface area contributed by atoms with E-state index in [4.69, 9.17) is 4.74 Å². The zero-order valence-electron chi connectivity index (χ0n) is 15.6. The summed E-state index contributed by atoms with van der Waals surface area (Å²) in [5.41, 5.74) is 3.80. The van der Waals surface area contributed by atoms with Gasteiger partial charge in [0.15, 0.2) is 0 Å². The third kappa shape index (κ3) is 3.65. The zero-order valence-corrected chi connectivity index (χ0v) is 15.6. The molecule has 1 aliphatic carbocycles. The summed E-state index contributed by atoms with van der Waals surface area (Å²) in [7, 11) is 1.70. The maximum atomic E-state index is 10.8. The molecule has 0 saturated heterocycles. The quantitative estimate of drug-likeness (QED) is 0.894. The maximum absolute atomic E-state index is 10.8. The van der Waals surface area contributed by atoms with Crippen LogP contribution in [0.15, 0.2) is 48.5 Å². The monoisotopic (exact) mass is 351 g/mol. The SMILES string of the molecule is COc1ccc2c(c1)CCN(C1CCC(c3ccccc3)CC1)C[C@H]2O. The average molecular weight is 351 g/mol. The van der Waals surface area contributed by atoms with Crippen molar-refractivity contribution < 1.29 is 9.84 Å². The lowest BCUT2D eigenvalue weighted by Gasteiger charge is -2.37. The third-order valence-electron chi connectivity index (χ3n) is 6.27. The largest absolute Gasteiger partial charge is 0.497 e. The first-order valence-corrected chi connectivity index (χ1v) is 9.88. The Bertz CT molecular complexity index is 722. The Balaban J connectivity index is 1.41. The lowest BCUT2D eigenvalue weighted by atomic mass is 9.81. The minimum Gasteiger partial charge on any atom is -0.497 e. The predicted octanol–water partition coefficient (Wildman–Crippen LogP) is 4.31. The van der Waals surface area contributed by atoms with E-state index in [2.05, 4.69) is 41.3 Å². The summed E-state index contributed by atoms with van der Waals surface area (Å²) in [5.74, 6) is 1.58. The molecule has 2 aliphatic rings. The normalized spacial score (nSPS) is 26.8. The highest BCUT2D eigenvalue weighted by atomic mass is 16.5. The molecule has 26 heavy (non-hydrogen) atoms. The number of aliphatic hydroxyl groups excluding tert-OH is 1.